The van der Waals surface area contributed by atoms with E-state index in [1.807, 2.05) is 48.5 Å². The molecule has 0 fully saturated rings. The summed E-state index contributed by atoms with van der Waals surface area (Å²) in [7, 11) is 0. The van der Waals surface area contributed by atoms with Crippen LogP contribution >= 0.6 is 11.3 Å². The number of hydrogen-bond donors (Lipinski definition) is 1. The van der Waals surface area contributed by atoms with Crippen molar-refractivity contribution in [2.45, 2.75) is 12.6 Å². The van der Waals surface area contributed by atoms with E-state index in [1.54, 1.807) is 28.9 Å². The molecule has 5 rings (SSSR count). The lowest BCUT2D eigenvalue weighted by atomic mass is 10.0. The molecule has 3 heterocycles. The average molecular weight is 427 g/mol. The molecular weight excluding hydrogens is 410 g/mol. The Labute approximate surface area is 182 Å². The van der Waals surface area contributed by atoms with E-state index in [2.05, 4.69) is 20.3 Å². The van der Waals surface area contributed by atoms with E-state index in [1.165, 1.54) is 17.7 Å². The summed E-state index contributed by atoms with van der Waals surface area (Å²) in [4.78, 5) is 40.5. The molecule has 0 radical (unpaired) electrons. The molecule has 2 amide bonds. The van der Waals surface area contributed by atoms with Crippen LogP contribution < -0.4 is 5.32 Å². The van der Waals surface area contributed by atoms with Gasteiger partial charge in [-0.15, -0.1) is 11.3 Å². The fourth-order valence-electron chi connectivity index (χ4n) is 3.73. The van der Waals surface area contributed by atoms with Crippen LogP contribution in [-0.4, -0.2) is 31.7 Å². The summed E-state index contributed by atoms with van der Waals surface area (Å²) < 4.78 is 0. The first kappa shape index (κ1) is 19.1. The Balaban J connectivity index is 1.49. The lowest BCUT2D eigenvalue weighted by Gasteiger charge is -2.27. The van der Waals surface area contributed by atoms with Gasteiger partial charge >= 0.3 is 0 Å². The lowest BCUT2D eigenvalue weighted by molar-refractivity contribution is -0.120. The van der Waals surface area contributed by atoms with Gasteiger partial charge in [0.1, 0.15) is 12.4 Å². The van der Waals surface area contributed by atoms with Gasteiger partial charge in [0.05, 0.1) is 0 Å². The number of rotatable bonds is 5. The number of fused-ring (bicyclic) bond motifs is 1. The molecule has 0 spiro atoms. The Morgan fingerprint density at radius 3 is 2.61 bits per heavy atom. The van der Waals surface area contributed by atoms with Crippen molar-refractivity contribution in [2.75, 3.05) is 5.32 Å². The second-order valence-corrected chi connectivity index (χ2v) is 7.97. The molecular formula is C23H17N5O2S. The maximum atomic E-state index is 13.4. The van der Waals surface area contributed by atoms with Crippen molar-refractivity contribution in [2.24, 2.45) is 0 Å². The third-order valence-corrected chi connectivity index (χ3v) is 5.86. The molecule has 2 aromatic carbocycles. The second-order valence-electron chi connectivity index (χ2n) is 7.07. The molecule has 31 heavy (non-hydrogen) atoms. The summed E-state index contributed by atoms with van der Waals surface area (Å²) in [5.74, 6) is -0.476. The van der Waals surface area contributed by atoms with Gasteiger partial charge in [0, 0.05) is 41.6 Å². The summed E-state index contributed by atoms with van der Waals surface area (Å²) in [6.07, 6.45) is 6.51. The Hall–Kier alpha value is -3.91. The van der Waals surface area contributed by atoms with Crippen LogP contribution in [0, 0.1) is 0 Å². The van der Waals surface area contributed by atoms with E-state index in [0.717, 1.165) is 22.3 Å². The van der Waals surface area contributed by atoms with E-state index in [4.69, 9.17) is 0 Å². The molecule has 0 saturated heterocycles. The highest BCUT2D eigenvalue weighted by molar-refractivity contribution is 7.13. The van der Waals surface area contributed by atoms with Gasteiger partial charge in [0.2, 0.25) is 0 Å². The second kappa shape index (κ2) is 8.08. The van der Waals surface area contributed by atoms with Crippen LogP contribution in [0.5, 0.6) is 0 Å². The number of amides is 2. The van der Waals surface area contributed by atoms with Gasteiger partial charge in [-0.3, -0.25) is 14.9 Å². The van der Waals surface area contributed by atoms with Crippen LogP contribution in [0.25, 0.3) is 11.1 Å². The quantitative estimate of drug-likeness (QED) is 0.521. The number of carbonyl (C=O) groups excluding carboxylic acids is 2. The van der Waals surface area contributed by atoms with Gasteiger partial charge in [0.15, 0.2) is 5.13 Å². The van der Waals surface area contributed by atoms with Crippen molar-refractivity contribution < 1.29 is 9.59 Å². The van der Waals surface area contributed by atoms with Crippen LogP contribution in [0.4, 0.5) is 5.13 Å². The van der Waals surface area contributed by atoms with Crippen LogP contribution in [0.3, 0.4) is 0 Å². The fourth-order valence-corrected chi connectivity index (χ4v) is 4.26. The number of aromatic nitrogens is 3. The zero-order chi connectivity index (χ0) is 21.2. The van der Waals surface area contributed by atoms with Crippen LogP contribution in [-0.2, 0) is 11.3 Å². The van der Waals surface area contributed by atoms with Crippen molar-refractivity contribution in [1.29, 1.82) is 0 Å². The van der Waals surface area contributed by atoms with E-state index in [0.29, 0.717) is 17.2 Å². The number of hydrogen-bond acceptors (Lipinski definition) is 6. The molecule has 0 unspecified atom stereocenters. The number of anilines is 1. The van der Waals surface area contributed by atoms with E-state index in [-0.39, 0.29) is 11.8 Å². The number of benzene rings is 2. The SMILES string of the molecule is O=C(Nc1nccs1)[C@@H](c1ccccc1)N1Cc2ccc(-c3cncnc3)cc2C1=O. The Morgan fingerprint density at radius 1 is 1.06 bits per heavy atom. The van der Waals surface area contributed by atoms with Crippen LogP contribution in [0.1, 0.15) is 27.5 Å². The molecule has 4 aromatic rings. The number of nitrogens with one attached hydrogen (secondary N) is 1. The van der Waals surface area contributed by atoms with E-state index >= 15 is 0 Å². The van der Waals surface area contributed by atoms with Crippen molar-refractivity contribution in [1.82, 2.24) is 19.9 Å². The smallest absolute Gasteiger partial charge is 0.255 e. The molecule has 8 heteroatoms. The summed E-state index contributed by atoms with van der Waals surface area (Å²) in [5.41, 5.74) is 3.91. The van der Waals surface area contributed by atoms with Crippen LogP contribution in [0.15, 0.2) is 78.8 Å². The van der Waals surface area contributed by atoms with Gasteiger partial charge in [0.25, 0.3) is 11.8 Å². The average Bonchev–Trinajstić information content (AvgIpc) is 3.43. The number of nitrogens with zero attached hydrogens (tertiary/aromatic N) is 4. The highest BCUT2D eigenvalue weighted by atomic mass is 32.1. The maximum absolute atomic E-state index is 13.4. The van der Waals surface area contributed by atoms with Gasteiger partial charge in [-0.25, -0.2) is 15.0 Å². The molecule has 1 N–H and O–H groups in total. The minimum Gasteiger partial charge on any atom is -0.318 e. The Kier molecular flexibility index (Phi) is 4.97. The summed E-state index contributed by atoms with van der Waals surface area (Å²) >= 11 is 1.34. The molecule has 0 bridgehead atoms. The van der Waals surface area contributed by atoms with Gasteiger partial charge in [-0.1, -0.05) is 42.5 Å². The summed E-state index contributed by atoms with van der Waals surface area (Å²) in [5, 5.41) is 5.13. The van der Waals surface area contributed by atoms with E-state index < -0.39 is 6.04 Å². The molecule has 1 aliphatic rings. The third kappa shape index (κ3) is 3.69. The van der Waals surface area contributed by atoms with Crippen LogP contribution in [0.2, 0.25) is 0 Å². The van der Waals surface area contributed by atoms with E-state index in [9.17, 15) is 9.59 Å². The predicted molar refractivity (Wildman–Crippen MR) is 117 cm³/mol. The normalized spacial score (nSPS) is 13.7. The molecule has 152 valence electrons. The highest BCUT2D eigenvalue weighted by Gasteiger charge is 2.37. The van der Waals surface area contributed by atoms with Crippen molar-refractivity contribution >= 4 is 28.3 Å². The maximum Gasteiger partial charge on any atom is 0.255 e. The minimum absolute atomic E-state index is 0.183. The van der Waals surface area contributed by atoms with Crippen molar-refractivity contribution in [3.63, 3.8) is 0 Å². The molecule has 0 aliphatic carbocycles. The first-order valence-electron chi connectivity index (χ1n) is 9.65. The molecule has 1 aliphatic heterocycles. The Morgan fingerprint density at radius 2 is 1.87 bits per heavy atom. The molecule has 2 aromatic heterocycles. The molecule has 7 nitrogen and oxygen atoms in total. The highest BCUT2D eigenvalue weighted by Crippen LogP contribution is 2.34. The van der Waals surface area contributed by atoms with Crippen molar-refractivity contribution in [3.05, 3.63) is 95.5 Å². The van der Waals surface area contributed by atoms with Gasteiger partial charge in [-0.2, -0.15) is 0 Å². The first-order valence-corrected chi connectivity index (χ1v) is 10.5. The Bertz CT molecular complexity index is 1230. The largest absolute Gasteiger partial charge is 0.318 e. The van der Waals surface area contributed by atoms with Crippen molar-refractivity contribution in [3.8, 4) is 11.1 Å². The number of thiazole rings is 1. The zero-order valence-electron chi connectivity index (χ0n) is 16.3. The predicted octanol–water partition coefficient (Wildman–Crippen LogP) is 3.94. The monoisotopic (exact) mass is 427 g/mol. The standard InChI is InChI=1S/C23H17N5O2S/c29-21(27-23-26-8-9-31-23)20(15-4-2-1-3-5-15)28-13-17-7-6-16(10-19(17)22(28)30)18-11-24-14-25-12-18/h1-12,14,20H,13H2,(H,26,27,29)/t20-/m1/s1. The van der Waals surface area contributed by atoms with Gasteiger partial charge < -0.3 is 4.90 Å². The molecule has 1 atom stereocenters. The lowest BCUT2D eigenvalue weighted by Crippen LogP contribution is -2.37. The first-order chi connectivity index (χ1) is 15.2. The fraction of sp³-hybridized carbons (Fsp3) is 0.0870. The summed E-state index contributed by atoms with van der Waals surface area (Å²) in [6, 6.07) is 14.3. The minimum atomic E-state index is -0.770. The zero-order valence-corrected chi connectivity index (χ0v) is 17.1. The number of carbonyl (C=O) groups is 2. The van der Waals surface area contributed by atoms with Gasteiger partial charge in [-0.05, 0) is 22.8 Å². The molecule has 0 saturated carbocycles. The summed E-state index contributed by atoms with van der Waals surface area (Å²) in [6.45, 7) is 0.352. The topological polar surface area (TPSA) is 88.1 Å². The third-order valence-electron chi connectivity index (χ3n) is 5.17.